The van der Waals surface area contributed by atoms with Gasteiger partial charge in [-0.15, -0.1) is 0 Å². The van der Waals surface area contributed by atoms with Crippen LogP contribution in [0.1, 0.15) is 0 Å². The van der Waals surface area contributed by atoms with E-state index in [0.29, 0.717) is 0 Å². The summed E-state index contributed by atoms with van der Waals surface area (Å²) in [6, 6.07) is 2.44. The highest BCUT2D eigenvalue weighted by Crippen LogP contribution is 1.95. The second kappa shape index (κ2) is 2.27. The Morgan fingerprint density at radius 1 is 1.38 bits per heavy atom. The maximum absolute atomic E-state index is 8.47. The molecule has 8 heavy (non-hydrogen) atoms. The highest BCUT2D eigenvalue weighted by atomic mass is 16.3. The smallest absolute Gasteiger partial charge is 0.261 e. The molecule has 0 radical (unpaired) electrons. The molecule has 0 heterocycles. The molecule has 0 spiro atoms. The second-order valence-corrected chi connectivity index (χ2v) is 1.24. The molecular formula is C4H4N2O2. The van der Waals surface area contributed by atoms with Crippen molar-refractivity contribution >= 4 is 0 Å². The van der Waals surface area contributed by atoms with Gasteiger partial charge in [0.1, 0.15) is 12.1 Å². The summed E-state index contributed by atoms with van der Waals surface area (Å²) in [6.45, 7) is -0.847. The summed E-state index contributed by atoms with van der Waals surface area (Å²) in [5, 5.41) is 32.4. The summed E-state index contributed by atoms with van der Waals surface area (Å²) < 4.78 is 0. The van der Waals surface area contributed by atoms with Crippen LogP contribution in [0, 0.1) is 22.7 Å². The summed E-state index contributed by atoms with van der Waals surface area (Å²) in [5.41, 5.74) is -2.21. The van der Waals surface area contributed by atoms with Crippen LogP contribution in [-0.2, 0) is 0 Å². The zero-order chi connectivity index (χ0) is 6.62. The highest BCUT2D eigenvalue weighted by molar-refractivity contribution is 5.15. The van der Waals surface area contributed by atoms with Crippen LogP contribution in [0.3, 0.4) is 0 Å². The van der Waals surface area contributed by atoms with E-state index in [1.54, 1.807) is 0 Å². The Labute approximate surface area is 46.2 Å². The number of hydrogen-bond donors (Lipinski definition) is 2. The van der Waals surface area contributed by atoms with Gasteiger partial charge in [-0.3, -0.25) is 0 Å². The molecule has 0 aliphatic heterocycles. The van der Waals surface area contributed by atoms with Crippen LogP contribution in [0.25, 0.3) is 0 Å². The normalized spacial score (nSPS) is 9.50. The van der Waals surface area contributed by atoms with E-state index in [2.05, 4.69) is 0 Å². The Bertz CT molecular complexity index is 138. The number of aliphatic hydroxyl groups is 2. The SMILES string of the molecule is N#CC(O)(C#N)CO. The first kappa shape index (κ1) is 6.90. The van der Waals surface area contributed by atoms with E-state index in [-0.39, 0.29) is 0 Å². The molecule has 4 nitrogen and oxygen atoms in total. The van der Waals surface area contributed by atoms with E-state index in [1.165, 1.54) is 12.1 Å². The van der Waals surface area contributed by atoms with Gasteiger partial charge < -0.3 is 10.2 Å². The molecule has 0 aromatic rings. The molecule has 0 saturated carbocycles. The fourth-order valence-corrected chi connectivity index (χ4v) is 0.0957. The van der Waals surface area contributed by atoms with Gasteiger partial charge in [-0.05, 0) is 0 Å². The Morgan fingerprint density at radius 3 is 1.75 bits per heavy atom. The van der Waals surface area contributed by atoms with E-state index in [4.69, 9.17) is 20.7 Å². The summed E-state index contributed by atoms with van der Waals surface area (Å²) in [6.07, 6.45) is 0. The van der Waals surface area contributed by atoms with Crippen molar-refractivity contribution in [3.8, 4) is 12.1 Å². The maximum Gasteiger partial charge on any atom is 0.261 e. The molecule has 0 amide bonds. The second-order valence-electron chi connectivity index (χ2n) is 1.24. The Kier molecular flexibility index (Phi) is 1.96. The minimum atomic E-state index is -2.21. The van der Waals surface area contributed by atoms with Crippen LogP contribution in [0.5, 0.6) is 0 Å². The third kappa shape index (κ3) is 1.19. The first-order chi connectivity index (χ1) is 3.68. The van der Waals surface area contributed by atoms with E-state index in [0.717, 1.165) is 0 Å². The van der Waals surface area contributed by atoms with Crippen LogP contribution in [0.4, 0.5) is 0 Å². The van der Waals surface area contributed by atoms with Crippen molar-refractivity contribution in [2.45, 2.75) is 5.60 Å². The lowest BCUT2D eigenvalue weighted by atomic mass is 10.1. The molecule has 0 fully saturated rings. The maximum atomic E-state index is 8.47. The Hall–Kier alpha value is -1.10. The van der Waals surface area contributed by atoms with Crippen molar-refractivity contribution < 1.29 is 10.2 Å². The Morgan fingerprint density at radius 2 is 1.75 bits per heavy atom. The average Bonchev–Trinajstić information content (AvgIpc) is 1.87. The van der Waals surface area contributed by atoms with Gasteiger partial charge in [-0.2, -0.15) is 10.5 Å². The van der Waals surface area contributed by atoms with Gasteiger partial charge in [-0.25, -0.2) is 0 Å². The fraction of sp³-hybridized carbons (Fsp3) is 0.500. The number of rotatable bonds is 1. The topological polar surface area (TPSA) is 88.0 Å². The van der Waals surface area contributed by atoms with Crippen LogP contribution in [-0.4, -0.2) is 22.4 Å². The lowest BCUT2D eigenvalue weighted by molar-refractivity contribution is 0.0804. The molecule has 0 aliphatic carbocycles. The monoisotopic (exact) mass is 112 g/mol. The first-order valence-corrected chi connectivity index (χ1v) is 1.84. The van der Waals surface area contributed by atoms with Crippen LogP contribution in [0.15, 0.2) is 0 Å². The predicted molar refractivity (Wildman–Crippen MR) is 23.3 cm³/mol. The van der Waals surface area contributed by atoms with Crippen molar-refractivity contribution in [3.05, 3.63) is 0 Å². The standard InChI is InChI=1S/C4H4N2O2/c5-1-4(8,2-6)3-7/h7-8H,3H2. The number of nitriles is 2. The van der Waals surface area contributed by atoms with Gasteiger partial charge >= 0.3 is 0 Å². The van der Waals surface area contributed by atoms with Crippen LogP contribution >= 0.6 is 0 Å². The van der Waals surface area contributed by atoms with E-state index in [1.807, 2.05) is 0 Å². The van der Waals surface area contributed by atoms with E-state index >= 15 is 0 Å². The predicted octanol–water partition coefficient (Wildman–Crippen LogP) is -1.24. The minimum Gasteiger partial charge on any atom is -0.391 e. The van der Waals surface area contributed by atoms with Crippen molar-refractivity contribution in [1.82, 2.24) is 0 Å². The quantitative estimate of drug-likeness (QED) is 0.415. The summed E-state index contributed by atoms with van der Waals surface area (Å²) in [5.74, 6) is 0. The molecule has 2 N–H and O–H groups in total. The number of aliphatic hydroxyl groups excluding tert-OH is 1. The molecule has 0 rings (SSSR count). The third-order valence-electron chi connectivity index (χ3n) is 0.599. The number of hydrogen-bond acceptors (Lipinski definition) is 4. The summed E-state index contributed by atoms with van der Waals surface area (Å²) >= 11 is 0. The van der Waals surface area contributed by atoms with Crippen molar-refractivity contribution in [2.24, 2.45) is 0 Å². The van der Waals surface area contributed by atoms with Crippen molar-refractivity contribution in [1.29, 1.82) is 10.5 Å². The van der Waals surface area contributed by atoms with Gasteiger partial charge in [0.15, 0.2) is 0 Å². The van der Waals surface area contributed by atoms with Crippen LogP contribution in [0.2, 0.25) is 0 Å². The molecule has 42 valence electrons. The summed E-state index contributed by atoms with van der Waals surface area (Å²) in [4.78, 5) is 0. The average molecular weight is 112 g/mol. The molecular weight excluding hydrogens is 108 g/mol. The third-order valence-corrected chi connectivity index (χ3v) is 0.599. The summed E-state index contributed by atoms with van der Waals surface area (Å²) in [7, 11) is 0. The Balaban J connectivity index is 4.11. The van der Waals surface area contributed by atoms with Gasteiger partial charge in [0.05, 0.1) is 6.61 Å². The van der Waals surface area contributed by atoms with Crippen molar-refractivity contribution in [3.63, 3.8) is 0 Å². The molecule has 0 atom stereocenters. The van der Waals surface area contributed by atoms with Crippen molar-refractivity contribution in [2.75, 3.05) is 6.61 Å². The lowest BCUT2D eigenvalue weighted by Gasteiger charge is -2.02. The van der Waals surface area contributed by atoms with Gasteiger partial charge in [0.2, 0.25) is 0 Å². The molecule has 0 aliphatic rings. The fourth-order valence-electron chi connectivity index (χ4n) is 0.0957. The first-order valence-electron chi connectivity index (χ1n) is 1.84. The molecule has 4 heteroatoms. The molecule has 0 saturated heterocycles. The molecule has 0 bridgehead atoms. The van der Waals surface area contributed by atoms with E-state index < -0.39 is 12.2 Å². The lowest BCUT2D eigenvalue weighted by Crippen LogP contribution is -2.28. The highest BCUT2D eigenvalue weighted by Gasteiger charge is 2.23. The zero-order valence-electron chi connectivity index (χ0n) is 4.00. The van der Waals surface area contributed by atoms with E-state index in [9.17, 15) is 0 Å². The largest absolute Gasteiger partial charge is 0.391 e. The molecule has 0 aromatic heterocycles. The number of nitrogens with zero attached hydrogens (tertiary/aromatic N) is 2. The minimum absolute atomic E-state index is 0.847. The zero-order valence-corrected chi connectivity index (χ0v) is 4.00. The molecule has 0 unspecified atom stereocenters. The molecule has 0 aromatic carbocycles. The van der Waals surface area contributed by atoms with Gasteiger partial charge in [0, 0.05) is 0 Å². The van der Waals surface area contributed by atoms with Gasteiger partial charge in [-0.1, -0.05) is 0 Å². The van der Waals surface area contributed by atoms with Gasteiger partial charge in [0.25, 0.3) is 5.60 Å². The van der Waals surface area contributed by atoms with Crippen LogP contribution < -0.4 is 0 Å².